The van der Waals surface area contributed by atoms with Crippen LogP contribution in [0.2, 0.25) is 0 Å². The number of rotatable bonds is 4. The summed E-state index contributed by atoms with van der Waals surface area (Å²) in [5.74, 6) is -0.579. The van der Waals surface area contributed by atoms with Gasteiger partial charge >= 0.3 is 0 Å². The van der Waals surface area contributed by atoms with Crippen LogP contribution in [0.5, 0.6) is 0 Å². The van der Waals surface area contributed by atoms with Gasteiger partial charge in [0.2, 0.25) is 0 Å². The fraction of sp³-hybridized carbons (Fsp3) is 0.500. The molecule has 2 N–H and O–H groups in total. The first-order valence-electron chi connectivity index (χ1n) is 6.57. The Morgan fingerprint density at radius 2 is 2.20 bits per heavy atom. The van der Waals surface area contributed by atoms with Gasteiger partial charge in [0.25, 0.3) is 5.91 Å². The average Bonchev–Trinajstić information content (AvgIpc) is 2.48. The number of carbonyl (C=O) groups is 1. The van der Waals surface area contributed by atoms with Crippen LogP contribution in [-0.4, -0.2) is 36.9 Å². The minimum absolute atomic E-state index is 0.156. The summed E-state index contributed by atoms with van der Waals surface area (Å²) in [5.41, 5.74) is 0.359. The van der Waals surface area contributed by atoms with E-state index in [4.69, 9.17) is 4.74 Å². The van der Waals surface area contributed by atoms with Crippen molar-refractivity contribution in [2.24, 2.45) is 5.92 Å². The molecule has 1 aromatic rings. The summed E-state index contributed by atoms with van der Waals surface area (Å²) in [7, 11) is 0. The number of hydrogen-bond acceptors (Lipinski definition) is 3. The van der Waals surface area contributed by atoms with Crippen LogP contribution >= 0.6 is 15.9 Å². The maximum absolute atomic E-state index is 13.1. The van der Waals surface area contributed by atoms with E-state index in [0.29, 0.717) is 18.8 Å². The zero-order chi connectivity index (χ0) is 14.5. The number of ether oxygens (including phenoxy) is 1. The van der Waals surface area contributed by atoms with E-state index in [1.807, 2.05) is 0 Å². The standard InChI is InChI=1S/C14H17BrFNO3/c15-11-7-10(1-2-12(11)16)14(19)17-8-13(18)9-3-5-20-6-4-9/h1-2,7,9,13,18H,3-6,8H2,(H,17,19). The van der Waals surface area contributed by atoms with Gasteiger partial charge in [-0.15, -0.1) is 0 Å². The quantitative estimate of drug-likeness (QED) is 0.878. The topological polar surface area (TPSA) is 58.6 Å². The van der Waals surface area contributed by atoms with Crippen LogP contribution in [0.4, 0.5) is 4.39 Å². The summed E-state index contributed by atoms with van der Waals surface area (Å²) >= 11 is 3.04. The molecule has 1 saturated heterocycles. The Hall–Kier alpha value is -0.980. The largest absolute Gasteiger partial charge is 0.391 e. The molecule has 6 heteroatoms. The molecule has 2 rings (SSSR count). The van der Waals surface area contributed by atoms with Crippen LogP contribution in [-0.2, 0) is 4.74 Å². The lowest BCUT2D eigenvalue weighted by molar-refractivity contribution is 0.00873. The molecule has 1 aliphatic rings. The van der Waals surface area contributed by atoms with Crippen molar-refractivity contribution in [2.75, 3.05) is 19.8 Å². The van der Waals surface area contributed by atoms with Gasteiger partial charge in [0.1, 0.15) is 5.82 Å². The zero-order valence-corrected chi connectivity index (χ0v) is 12.5. The molecule has 110 valence electrons. The monoisotopic (exact) mass is 345 g/mol. The van der Waals surface area contributed by atoms with E-state index in [9.17, 15) is 14.3 Å². The highest BCUT2D eigenvalue weighted by atomic mass is 79.9. The van der Waals surface area contributed by atoms with Crippen molar-refractivity contribution < 1.29 is 19.0 Å². The lowest BCUT2D eigenvalue weighted by Crippen LogP contribution is -2.38. The van der Waals surface area contributed by atoms with Gasteiger partial charge in [-0.2, -0.15) is 0 Å². The fourth-order valence-electron chi connectivity index (χ4n) is 2.20. The van der Waals surface area contributed by atoms with Crippen LogP contribution in [0.15, 0.2) is 22.7 Å². The smallest absolute Gasteiger partial charge is 0.251 e. The van der Waals surface area contributed by atoms with Crippen molar-refractivity contribution >= 4 is 21.8 Å². The lowest BCUT2D eigenvalue weighted by atomic mass is 9.94. The molecule has 1 aliphatic heterocycles. The predicted octanol–water partition coefficient (Wildman–Crippen LogP) is 2.11. The number of benzene rings is 1. The molecule has 1 aromatic carbocycles. The Kier molecular flexibility index (Phi) is 5.51. The van der Waals surface area contributed by atoms with Crippen LogP contribution < -0.4 is 5.32 Å². The van der Waals surface area contributed by atoms with Gasteiger partial charge < -0.3 is 15.2 Å². The van der Waals surface area contributed by atoms with E-state index < -0.39 is 11.9 Å². The number of carbonyl (C=O) groups excluding carboxylic acids is 1. The molecule has 1 unspecified atom stereocenters. The molecule has 1 amide bonds. The van der Waals surface area contributed by atoms with Gasteiger partial charge in [0.05, 0.1) is 10.6 Å². The molecule has 0 spiro atoms. The molecule has 1 fully saturated rings. The van der Waals surface area contributed by atoms with E-state index in [-0.39, 0.29) is 22.8 Å². The minimum atomic E-state index is -0.577. The summed E-state index contributed by atoms with van der Waals surface area (Å²) in [6.45, 7) is 1.50. The third kappa shape index (κ3) is 4.01. The van der Waals surface area contributed by atoms with Crippen LogP contribution in [0.1, 0.15) is 23.2 Å². The molecule has 1 heterocycles. The number of hydrogen-bond donors (Lipinski definition) is 2. The molecule has 0 aromatic heterocycles. The molecule has 0 bridgehead atoms. The number of nitrogens with one attached hydrogen (secondary N) is 1. The molecule has 0 saturated carbocycles. The lowest BCUT2D eigenvalue weighted by Gasteiger charge is -2.26. The first-order chi connectivity index (χ1) is 9.58. The second-order valence-electron chi connectivity index (χ2n) is 4.86. The Labute approximate surface area is 125 Å². The van der Waals surface area contributed by atoms with E-state index in [2.05, 4.69) is 21.2 Å². The highest BCUT2D eigenvalue weighted by molar-refractivity contribution is 9.10. The third-order valence-corrected chi connectivity index (χ3v) is 4.07. The maximum atomic E-state index is 13.1. The minimum Gasteiger partial charge on any atom is -0.391 e. The Morgan fingerprint density at radius 1 is 1.50 bits per heavy atom. The van der Waals surface area contributed by atoms with Crippen LogP contribution in [0, 0.1) is 11.7 Å². The average molecular weight is 346 g/mol. The number of aliphatic hydroxyl groups excluding tert-OH is 1. The van der Waals surface area contributed by atoms with Crippen molar-refractivity contribution in [3.8, 4) is 0 Å². The molecule has 0 radical (unpaired) electrons. The summed E-state index contributed by atoms with van der Waals surface area (Å²) in [4.78, 5) is 11.9. The second-order valence-corrected chi connectivity index (χ2v) is 5.71. The van der Waals surface area contributed by atoms with Crippen molar-refractivity contribution in [3.63, 3.8) is 0 Å². The second kappa shape index (κ2) is 7.15. The van der Waals surface area contributed by atoms with E-state index in [1.165, 1.54) is 18.2 Å². The van der Waals surface area contributed by atoms with E-state index in [0.717, 1.165) is 12.8 Å². The fourth-order valence-corrected chi connectivity index (χ4v) is 2.58. The summed E-state index contributed by atoms with van der Waals surface area (Å²) < 4.78 is 18.6. The van der Waals surface area contributed by atoms with E-state index in [1.54, 1.807) is 0 Å². The number of amides is 1. The maximum Gasteiger partial charge on any atom is 0.251 e. The Morgan fingerprint density at radius 3 is 2.85 bits per heavy atom. The Bertz CT molecular complexity index is 477. The number of halogens is 2. The first-order valence-corrected chi connectivity index (χ1v) is 7.36. The Balaban J connectivity index is 1.86. The van der Waals surface area contributed by atoms with Crippen molar-refractivity contribution in [1.29, 1.82) is 0 Å². The van der Waals surface area contributed by atoms with E-state index >= 15 is 0 Å². The van der Waals surface area contributed by atoms with Gasteiger partial charge in [-0.25, -0.2) is 4.39 Å². The summed E-state index contributed by atoms with van der Waals surface area (Å²) in [5, 5.41) is 12.7. The summed E-state index contributed by atoms with van der Waals surface area (Å²) in [6.07, 6.45) is 1.03. The number of aliphatic hydroxyl groups is 1. The normalized spacial score (nSPS) is 17.8. The highest BCUT2D eigenvalue weighted by Gasteiger charge is 2.22. The molecule has 4 nitrogen and oxygen atoms in total. The highest BCUT2D eigenvalue weighted by Crippen LogP contribution is 2.19. The molecule has 1 atom stereocenters. The van der Waals surface area contributed by atoms with Crippen molar-refractivity contribution in [3.05, 3.63) is 34.1 Å². The molecular formula is C14H17BrFNO3. The van der Waals surface area contributed by atoms with Gasteiger partial charge in [-0.05, 0) is 52.9 Å². The van der Waals surface area contributed by atoms with Gasteiger partial charge in [-0.3, -0.25) is 4.79 Å². The predicted molar refractivity (Wildman–Crippen MR) is 76.0 cm³/mol. The third-order valence-electron chi connectivity index (χ3n) is 3.46. The van der Waals surface area contributed by atoms with Gasteiger partial charge in [0, 0.05) is 25.3 Å². The SMILES string of the molecule is O=C(NCC(O)C1CCOCC1)c1ccc(F)c(Br)c1. The van der Waals surface area contributed by atoms with Gasteiger partial charge in [0.15, 0.2) is 0 Å². The first kappa shape index (κ1) is 15.4. The molecule has 0 aliphatic carbocycles. The van der Waals surface area contributed by atoms with Crippen molar-refractivity contribution in [2.45, 2.75) is 18.9 Å². The molecular weight excluding hydrogens is 329 g/mol. The summed E-state index contributed by atoms with van der Waals surface area (Å²) in [6, 6.07) is 4.07. The zero-order valence-electron chi connectivity index (χ0n) is 10.9. The van der Waals surface area contributed by atoms with Crippen LogP contribution in [0.3, 0.4) is 0 Å². The van der Waals surface area contributed by atoms with Crippen molar-refractivity contribution in [1.82, 2.24) is 5.32 Å². The van der Waals surface area contributed by atoms with Gasteiger partial charge in [-0.1, -0.05) is 0 Å². The van der Waals surface area contributed by atoms with Crippen LogP contribution in [0.25, 0.3) is 0 Å². The molecule has 20 heavy (non-hydrogen) atoms.